The van der Waals surface area contributed by atoms with E-state index in [2.05, 4.69) is 27.9 Å². The number of anilines is 1. The fourth-order valence-electron chi connectivity index (χ4n) is 4.81. The van der Waals surface area contributed by atoms with E-state index in [0.717, 1.165) is 63.8 Å². The number of nitrogens with one attached hydrogen (secondary N) is 1. The van der Waals surface area contributed by atoms with E-state index in [1.165, 1.54) is 22.3 Å². The van der Waals surface area contributed by atoms with Crippen LogP contribution in [0.25, 0.3) is 4.72 Å². The number of benzene rings is 1. The van der Waals surface area contributed by atoms with Gasteiger partial charge in [-0.15, -0.1) is 0 Å². The van der Waals surface area contributed by atoms with Gasteiger partial charge in [0.05, 0.1) is 5.25 Å². The van der Waals surface area contributed by atoms with Gasteiger partial charge in [0, 0.05) is 0 Å². The van der Waals surface area contributed by atoms with Crippen molar-refractivity contribution < 1.29 is 64.6 Å². The van der Waals surface area contributed by atoms with E-state index in [4.69, 9.17) is 0 Å². The first kappa shape index (κ1) is 22.7. The summed E-state index contributed by atoms with van der Waals surface area (Å²) in [5.41, 5.74) is 5.84. The molecule has 1 aliphatic heterocycles. The van der Waals surface area contributed by atoms with Gasteiger partial charge in [0.15, 0.2) is 16.1 Å². The van der Waals surface area contributed by atoms with Gasteiger partial charge in [0.2, 0.25) is 0 Å². The third-order valence-electron chi connectivity index (χ3n) is 6.32. The zero-order valence-electron chi connectivity index (χ0n) is 17.0. The maximum atomic E-state index is 12.6. The molecular formula is C20H28KN3O3S. The molecule has 0 unspecified atom stereocenters. The van der Waals surface area contributed by atoms with Crippen LogP contribution in [-0.4, -0.2) is 44.2 Å². The Morgan fingerprint density at radius 1 is 1.11 bits per heavy atom. The molecule has 0 saturated carbocycles. The molecule has 2 aliphatic carbocycles. The van der Waals surface area contributed by atoms with Crippen molar-refractivity contribution in [2.45, 2.75) is 63.5 Å². The predicted octanol–water partition coefficient (Wildman–Crippen LogP) is 0.388. The first-order valence-electron chi connectivity index (χ1n) is 10.1. The minimum atomic E-state index is -3.78. The number of urea groups is 1. The summed E-state index contributed by atoms with van der Waals surface area (Å²) in [7, 11) is -3.78. The third-order valence-corrected chi connectivity index (χ3v) is 8.05. The number of likely N-dealkylation sites (tertiary alicyclic amines) is 1. The summed E-state index contributed by atoms with van der Waals surface area (Å²) in [5.74, 6) is 0. The summed E-state index contributed by atoms with van der Waals surface area (Å²) in [6, 6.07) is 1.55. The third kappa shape index (κ3) is 4.68. The van der Waals surface area contributed by atoms with Crippen molar-refractivity contribution in [3.05, 3.63) is 33.0 Å². The molecule has 1 N–H and O–H groups in total. The smallest absolute Gasteiger partial charge is 0.423 e. The van der Waals surface area contributed by atoms with Crippen LogP contribution in [0, 0.1) is 0 Å². The fraction of sp³-hybridized carbons (Fsp3) is 0.650. The molecule has 0 aromatic heterocycles. The summed E-state index contributed by atoms with van der Waals surface area (Å²) in [6.45, 7) is 4.49. The number of nitrogens with zero attached hydrogens (tertiary/aromatic N) is 2. The van der Waals surface area contributed by atoms with Crippen molar-refractivity contribution in [1.29, 1.82) is 0 Å². The van der Waals surface area contributed by atoms with Crippen molar-refractivity contribution in [1.82, 2.24) is 4.90 Å². The van der Waals surface area contributed by atoms with Crippen molar-refractivity contribution in [3.63, 3.8) is 0 Å². The zero-order valence-corrected chi connectivity index (χ0v) is 20.9. The van der Waals surface area contributed by atoms with Gasteiger partial charge in [-0.25, -0.2) is 8.42 Å². The average Bonchev–Trinajstić information content (AvgIpc) is 3.30. The van der Waals surface area contributed by atoms with Crippen molar-refractivity contribution in [2.24, 2.45) is 0 Å². The van der Waals surface area contributed by atoms with Gasteiger partial charge in [-0.1, -0.05) is 13.0 Å². The number of fused-ring (bicyclic) bond motifs is 2. The summed E-state index contributed by atoms with van der Waals surface area (Å²) < 4.78 is 28.8. The molecule has 0 atom stereocenters. The Kier molecular flexibility index (Phi) is 7.67. The van der Waals surface area contributed by atoms with Gasteiger partial charge >= 0.3 is 51.4 Å². The van der Waals surface area contributed by atoms with Gasteiger partial charge in [-0.05, 0) is 98.9 Å². The Hall–Kier alpha value is 0.0364. The molecule has 8 heteroatoms. The number of sulfonamides is 1. The first-order valence-corrected chi connectivity index (χ1v) is 11.6. The topological polar surface area (TPSA) is 80.6 Å². The predicted molar refractivity (Wildman–Crippen MR) is 107 cm³/mol. The van der Waals surface area contributed by atoms with E-state index < -0.39 is 21.3 Å². The summed E-state index contributed by atoms with van der Waals surface area (Å²) >= 11 is 0. The summed E-state index contributed by atoms with van der Waals surface area (Å²) in [5, 5.41) is 2.32. The molecule has 1 saturated heterocycles. The number of hydrogen-bond donors (Lipinski definition) is 1. The molecule has 1 fully saturated rings. The molecule has 4 rings (SSSR count). The van der Waals surface area contributed by atoms with E-state index in [9.17, 15) is 13.2 Å². The Bertz CT molecular complexity index is 816. The number of aryl methyl sites for hydroxylation is 2. The number of carbonyl (C=O) groups is 1. The number of amides is 2. The normalized spacial score (nSPS) is 19.6. The van der Waals surface area contributed by atoms with E-state index in [1.54, 1.807) is 0 Å². The van der Waals surface area contributed by atoms with Gasteiger partial charge in [-0.3, -0.25) is 4.79 Å². The molecule has 6 nitrogen and oxygen atoms in total. The van der Waals surface area contributed by atoms with E-state index >= 15 is 0 Å². The molecule has 2 amide bonds. The minimum Gasteiger partial charge on any atom is -0.423 e. The van der Waals surface area contributed by atoms with Crippen molar-refractivity contribution >= 4 is 21.7 Å². The van der Waals surface area contributed by atoms with Crippen LogP contribution in [0.15, 0.2) is 6.07 Å². The molecule has 0 bridgehead atoms. The van der Waals surface area contributed by atoms with Gasteiger partial charge in [0.1, 0.15) is 0 Å². The van der Waals surface area contributed by atoms with Crippen molar-refractivity contribution in [2.75, 3.05) is 25.0 Å². The quantitative estimate of drug-likeness (QED) is 0.702. The molecule has 28 heavy (non-hydrogen) atoms. The van der Waals surface area contributed by atoms with Crippen LogP contribution >= 0.6 is 0 Å². The van der Waals surface area contributed by atoms with Crippen LogP contribution in [0.3, 0.4) is 0 Å². The number of carbonyl (C=O) groups excluding carboxylic acids is 1. The monoisotopic (exact) mass is 429 g/mol. The van der Waals surface area contributed by atoms with Crippen LogP contribution < -0.4 is 56.7 Å². The zero-order chi connectivity index (χ0) is 19.0. The Balaban J connectivity index is 0.00000225. The molecule has 1 aromatic carbocycles. The number of rotatable bonds is 4. The Labute approximate surface area is 210 Å². The standard InChI is InChI=1S/C20H29N3O3S.K/c1-2-23-11-9-16(10-12-23)27(25,26)22-20(24)21-19-17-7-3-5-14(17)13-15-6-4-8-18(15)19;/h13,16H,2-12H2,1H3,(H2,21,22,24);/q;+1/p-1. The van der Waals surface area contributed by atoms with E-state index in [1.807, 2.05) is 0 Å². The largest absolute Gasteiger partial charge is 1.00 e. The van der Waals surface area contributed by atoms with E-state index in [0.29, 0.717) is 12.8 Å². The summed E-state index contributed by atoms with van der Waals surface area (Å²) in [6.07, 6.45) is 7.24. The number of piperidine rings is 1. The van der Waals surface area contributed by atoms with Crippen LogP contribution in [-0.2, 0) is 35.7 Å². The number of hydrogen-bond acceptors (Lipinski definition) is 4. The maximum absolute atomic E-state index is 12.6. The van der Waals surface area contributed by atoms with Gasteiger partial charge in [0.25, 0.3) is 0 Å². The van der Waals surface area contributed by atoms with Crippen LogP contribution in [0.1, 0.15) is 54.9 Å². The second kappa shape index (κ2) is 9.45. The van der Waals surface area contributed by atoms with Gasteiger partial charge < -0.3 is 14.9 Å². The molecule has 0 spiro atoms. The molecule has 3 aliphatic rings. The fourth-order valence-corrected chi connectivity index (χ4v) is 6.04. The maximum Gasteiger partial charge on any atom is 1.00 e. The minimum absolute atomic E-state index is 0. The molecule has 0 radical (unpaired) electrons. The van der Waals surface area contributed by atoms with Crippen LogP contribution in [0.2, 0.25) is 0 Å². The first-order chi connectivity index (χ1) is 13.0. The average molecular weight is 430 g/mol. The van der Waals surface area contributed by atoms with Crippen molar-refractivity contribution in [3.8, 4) is 0 Å². The second-order valence-corrected chi connectivity index (χ2v) is 9.78. The Morgan fingerprint density at radius 2 is 1.68 bits per heavy atom. The molecular weight excluding hydrogens is 401 g/mol. The SMILES string of the molecule is CCN1CCC(S(=O)(=O)[N-]C(=O)Nc2c3c(cc4c2CCC4)CCC3)CC1.[K+]. The van der Waals surface area contributed by atoms with Crippen LogP contribution in [0.5, 0.6) is 0 Å². The van der Waals surface area contributed by atoms with Crippen LogP contribution in [0.4, 0.5) is 10.5 Å². The molecule has 1 aromatic rings. The molecule has 1 heterocycles. The second-order valence-electron chi connectivity index (χ2n) is 7.90. The van der Waals surface area contributed by atoms with E-state index in [-0.39, 0.29) is 51.4 Å². The Morgan fingerprint density at radius 3 is 2.21 bits per heavy atom. The molecule has 148 valence electrons. The summed E-state index contributed by atoms with van der Waals surface area (Å²) in [4.78, 5) is 14.7. The van der Waals surface area contributed by atoms with Gasteiger partial charge in [-0.2, -0.15) is 0 Å².